The molecule has 1 rings (SSSR count). The van der Waals surface area contributed by atoms with Crippen molar-refractivity contribution in [1.82, 2.24) is 0 Å². The summed E-state index contributed by atoms with van der Waals surface area (Å²) in [5.74, 6) is 0. The van der Waals surface area contributed by atoms with E-state index in [1.54, 1.807) is 6.07 Å². The van der Waals surface area contributed by atoms with E-state index in [4.69, 9.17) is 5.39 Å². The molecule has 0 atom stereocenters. The minimum Gasteiger partial charge on any atom is -0.0614 e. The maximum atomic E-state index is 8.47. The molecule has 0 amide bonds. The van der Waals surface area contributed by atoms with Crippen molar-refractivity contribution in [3.05, 3.63) is 34.8 Å². The second kappa shape index (κ2) is 2.98. The lowest BCUT2D eigenvalue weighted by Crippen LogP contribution is -1.76. The van der Waals surface area contributed by atoms with E-state index in [1.165, 1.54) is 0 Å². The minimum absolute atomic E-state index is 0.671. The van der Waals surface area contributed by atoms with Crippen molar-refractivity contribution in [2.45, 2.75) is 13.3 Å². The first-order valence-corrected chi connectivity index (χ1v) is 3.31. The van der Waals surface area contributed by atoms with E-state index in [0.29, 0.717) is 5.69 Å². The first-order chi connectivity index (χ1) is 4.88. The number of rotatable bonds is 1. The largest absolute Gasteiger partial charge is 0.388 e. The van der Waals surface area contributed by atoms with Crippen LogP contribution in [0.2, 0.25) is 0 Å². The van der Waals surface area contributed by atoms with Gasteiger partial charge in [0.05, 0.1) is 0 Å². The molecule has 0 saturated carbocycles. The molecule has 0 aliphatic heterocycles. The van der Waals surface area contributed by atoms with Crippen LogP contribution in [-0.2, 0) is 6.42 Å². The first-order valence-electron chi connectivity index (χ1n) is 3.31. The van der Waals surface area contributed by atoms with Crippen molar-refractivity contribution >= 4 is 5.69 Å². The summed E-state index contributed by atoms with van der Waals surface area (Å²) in [7, 11) is 0. The van der Waals surface area contributed by atoms with Gasteiger partial charge in [-0.05, 0) is 6.42 Å². The van der Waals surface area contributed by atoms with Gasteiger partial charge in [-0.2, -0.15) is 0 Å². The smallest absolute Gasteiger partial charge is 0.0614 e. The van der Waals surface area contributed by atoms with Crippen LogP contribution < -0.4 is 0 Å². The Labute approximate surface area is 60.1 Å². The van der Waals surface area contributed by atoms with E-state index in [9.17, 15) is 0 Å². The molecule has 0 fully saturated rings. The third-order valence-electron chi connectivity index (χ3n) is 1.48. The molecule has 0 radical (unpaired) electrons. The Kier molecular flexibility index (Phi) is 2.01. The Hall–Kier alpha value is -1.36. The van der Waals surface area contributed by atoms with Gasteiger partial charge in [0.25, 0.3) is 0 Å². The zero-order chi connectivity index (χ0) is 7.40. The highest BCUT2D eigenvalue weighted by Gasteiger charge is 2.08. The predicted molar refractivity (Wildman–Crippen MR) is 40.6 cm³/mol. The second-order valence-electron chi connectivity index (χ2n) is 2.08. The normalized spacial score (nSPS) is 8.80. The van der Waals surface area contributed by atoms with Crippen LogP contribution in [0, 0.1) is 5.39 Å². The summed E-state index contributed by atoms with van der Waals surface area (Å²) < 4.78 is 0. The standard InChI is InChI=1S/C8H9N2/c1-2-7-5-3-4-6-8(7)10-9/h3-6H,2H2,1H3/q+1. The summed E-state index contributed by atoms with van der Waals surface area (Å²) in [5.41, 5.74) is 1.75. The lowest BCUT2D eigenvalue weighted by atomic mass is 10.1. The van der Waals surface area contributed by atoms with Crippen molar-refractivity contribution in [1.29, 1.82) is 5.39 Å². The third-order valence-corrected chi connectivity index (χ3v) is 1.48. The highest BCUT2D eigenvalue weighted by molar-refractivity contribution is 5.51. The van der Waals surface area contributed by atoms with E-state index in [-0.39, 0.29) is 0 Å². The summed E-state index contributed by atoms with van der Waals surface area (Å²) in [4.78, 5) is 3.14. The Bertz CT molecular complexity index is 260. The van der Waals surface area contributed by atoms with Crippen LogP contribution in [0.5, 0.6) is 0 Å². The van der Waals surface area contributed by atoms with Crippen LogP contribution in [0.3, 0.4) is 0 Å². The van der Waals surface area contributed by atoms with Crippen LogP contribution in [0.15, 0.2) is 24.3 Å². The van der Waals surface area contributed by atoms with E-state index in [2.05, 4.69) is 4.98 Å². The lowest BCUT2D eigenvalue weighted by molar-refractivity contribution is 1.14. The maximum absolute atomic E-state index is 8.47. The van der Waals surface area contributed by atoms with Crippen molar-refractivity contribution in [3.63, 3.8) is 0 Å². The molecule has 0 unspecified atom stereocenters. The van der Waals surface area contributed by atoms with Gasteiger partial charge in [0.1, 0.15) is 0 Å². The summed E-state index contributed by atoms with van der Waals surface area (Å²) in [6, 6.07) is 7.54. The molecule has 2 nitrogen and oxygen atoms in total. The van der Waals surface area contributed by atoms with Gasteiger partial charge < -0.3 is 0 Å². The minimum atomic E-state index is 0.671. The van der Waals surface area contributed by atoms with Gasteiger partial charge in [-0.1, -0.05) is 25.1 Å². The summed E-state index contributed by atoms with van der Waals surface area (Å²) >= 11 is 0. The molecule has 1 aromatic carbocycles. The van der Waals surface area contributed by atoms with Crippen LogP contribution in [0.4, 0.5) is 5.69 Å². The molecule has 0 N–H and O–H groups in total. The van der Waals surface area contributed by atoms with Crippen LogP contribution in [-0.4, -0.2) is 0 Å². The van der Waals surface area contributed by atoms with E-state index in [1.807, 2.05) is 25.1 Å². The Balaban J connectivity index is 3.12. The fourth-order valence-corrected chi connectivity index (χ4v) is 0.907. The van der Waals surface area contributed by atoms with Crippen LogP contribution >= 0.6 is 0 Å². The zero-order valence-corrected chi connectivity index (χ0v) is 5.91. The summed E-state index contributed by atoms with van der Waals surface area (Å²) in [5, 5.41) is 8.47. The van der Waals surface area contributed by atoms with Crippen molar-refractivity contribution in [2.75, 3.05) is 0 Å². The number of hydrogen-bond acceptors (Lipinski definition) is 1. The molecule has 0 aromatic heterocycles. The average molecular weight is 133 g/mol. The van der Waals surface area contributed by atoms with Crippen molar-refractivity contribution in [2.24, 2.45) is 0 Å². The number of diazo groups is 1. The first kappa shape index (κ1) is 6.76. The molecule has 2 heteroatoms. The highest BCUT2D eigenvalue weighted by atomic mass is 14.8. The maximum Gasteiger partial charge on any atom is 0.388 e. The zero-order valence-electron chi connectivity index (χ0n) is 5.91. The summed E-state index contributed by atoms with van der Waals surface area (Å²) in [6.45, 7) is 2.03. The molecule has 50 valence electrons. The average Bonchev–Trinajstić information content (AvgIpc) is 2.04. The number of nitrogens with zero attached hydrogens (tertiary/aromatic N) is 2. The fourth-order valence-electron chi connectivity index (χ4n) is 0.907. The third kappa shape index (κ3) is 1.14. The van der Waals surface area contributed by atoms with Crippen LogP contribution in [0.1, 0.15) is 12.5 Å². The quantitative estimate of drug-likeness (QED) is 0.541. The fraction of sp³-hybridized carbons (Fsp3) is 0.250. The van der Waals surface area contributed by atoms with Gasteiger partial charge in [-0.15, -0.1) is 0 Å². The van der Waals surface area contributed by atoms with E-state index < -0.39 is 0 Å². The summed E-state index contributed by atoms with van der Waals surface area (Å²) in [6.07, 6.45) is 0.903. The molecular formula is C8H9N2+. The van der Waals surface area contributed by atoms with Gasteiger partial charge in [0, 0.05) is 11.6 Å². The highest BCUT2D eigenvalue weighted by Crippen LogP contribution is 2.17. The molecule has 0 aliphatic rings. The molecule has 1 aromatic rings. The Morgan fingerprint density at radius 3 is 2.60 bits per heavy atom. The van der Waals surface area contributed by atoms with Crippen molar-refractivity contribution in [3.8, 4) is 0 Å². The molecule has 0 bridgehead atoms. The molecule has 10 heavy (non-hydrogen) atoms. The van der Waals surface area contributed by atoms with E-state index in [0.717, 1.165) is 12.0 Å². The van der Waals surface area contributed by atoms with Gasteiger partial charge in [-0.3, -0.25) is 0 Å². The number of benzene rings is 1. The van der Waals surface area contributed by atoms with Gasteiger partial charge in [-0.25, -0.2) is 0 Å². The predicted octanol–water partition coefficient (Wildman–Crippen LogP) is 2.73. The van der Waals surface area contributed by atoms with Crippen LogP contribution in [0.25, 0.3) is 4.98 Å². The lowest BCUT2D eigenvalue weighted by Gasteiger charge is -1.87. The Morgan fingerprint density at radius 1 is 1.40 bits per heavy atom. The number of hydrogen-bond donors (Lipinski definition) is 0. The SMILES string of the molecule is CCc1ccccc1[N+]#N. The second-order valence-corrected chi connectivity index (χ2v) is 2.08. The van der Waals surface area contributed by atoms with Gasteiger partial charge >= 0.3 is 5.69 Å². The molecule has 0 saturated heterocycles. The molecule has 0 heterocycles. The Morgan fingerprint density at radius 2 is 2.10 bits per heavy atom. The number of aryl methyl sites for hydroxylation is 1. The van der Waals surface area contributed by atoms with E-state index >= 15 is 0 Å². The monoisotopic (exact) mass is 133 g/mol. The van der Waals surface area contributed by atoms with Crippen molar-refractivity contribution < 1.29 is 0 Å². The molecule has 0 aliphatic carbocycles. The molecule has 0 spiro atoms. The van der Waals surface area contributed by atoms with Gasteiger partial charge in [0.2, 0.25) is 5.39 Å². The topological polar surface area (TPSA) is 28.1 Å². The van der Waals surface area contributed by atoms with Gasteiger partial charge in [0.15, 0.2) is 4.98 Å². The molecular weight excluding hydrogens is 124 g/mol.